The number of carbonyl (C=O) groups is 1. The zero-order valence-corrected chi connectivity index (χ0v) is 17.9. The van der Waals surface area contributed by atoms with Gasteiger partial charge in [0.1, 0.15) is 5.82 Å². The minimum absolute atomic E-state index is 0.132. The number of anilines is 1. The summed E-state index contributed by atoms with van der Waals surface area (Å²) >= 11 is 5.68. The second kappa shape index (κ2) is 8.64. The summed E-state index contributed by atoms with van der Waals surface area (Å²) in [7, 11) is -3.95. The van der Waals surface area contributed by atoms with Crippen molar-refractivity contribution >= 4 is 33.2 Å². The van der Waals surface area contributed by atoms with Gasteiger partial charge in [0.05, 0.1) is 22.2 Å². The molecule has 2 aromatic carbocycles. The Morgan fingerprint density at radius 1 is 1.13 bits per heavy atom. The Hall–Kier alpha value is -2.97. The predicted molar refractivity (Wildman–Crippen MR) is 116 cm³/mol. The molecular formula is C22H19ClFN3O3S. The van der Waals surface area contributed by atoms with Crippen molar-refractivity contribution in [2.45, 2.75) is 30.3 Å². The van der Waals surface area contributed by atoms with Crippen molar-refractivity contribution in [2.75, 3.05) is 4.72 Å². The number of aromatic nitrogens is 1. The van der Waals surface area contributed by atoms with E-state index >= 15 is 0 Å². The lowest BCUT2D eigenvalue weighted by Gasteiger charge is -2.22. The zero-order valence-electron chi connectivity index (χ0n) is 16.3. The molecule has 1 saturated carbocycles. The normalized spacial score (nSPS) is 13.6. The first-order chi connectivity index (χ1) is 14.8. The van der Waals surface area contributed by atoms with Crippen LogP contribution in [-0.2, 0) is 16.6 Å². The second-order valence-electron chi connectivity index (χ2n) is 7.24. The maximum absolute atomic E-state index is 13.3. The molecule has 1 N–H and O–H groups in total. The molecule has 1 aliphatic rings. The summed E-state index contributed by atoms with van der Waals surface area (Å²) in [5, 5.41) is -0.281. The number of sulfonamides is 1. The van der Waals surface area contributed by atoms with Crippen LogP contribution in [0.25, 0.3) is 0 Å². The van der Waals surface area contributed by atoms with E-state index in [1.807, 2.05) is 18.2 Å². The standard InChI is InChI=1S/C22H19ClFN3O3S/c23-20-13-19(10-11-21(20)24)31(29,30)26-16-6-4-15(5-7-16)22(28)27(18-8-9-18)14-17-3-1-2-12-25-17/h1-7,10-13,18,26H,8-9,14H2. The van der Waals surface area contributed by atoms with Gasteiger partial charge in [0.25, 0.3) is 15.9 Å². The van der Waals surface area contributed by atoms with Crippen molar-refractivity contribution in [1.29, 1.82) is 0 Å². The van der Waals surface area contributed by atoms with E-state index in [-0.39, 0.29) is 27.6 Å². The average molecular weight is 460 g/mol. The van der Waals surface area contributed by atoms with Gasteiger partial charge in [-0.3, -0.25) is 14.5 Å². The third kappa shape index (κ3) is 5.03. The topological polar surface area (TPSA) is 79.4 Å². The molecule has 9 heteroatoms. The molecule has 0 spiro atoms. The van der Waals surface area contributed by atoms with Gasteiger partial charge in [-0.2, -0.15) is 0 Å². The van der Waals surface area contributed by atoms with Crippen molar-refractivity contribution in [3.05, 3.63) is 89.0 Å². The summed E-state index contributed by atoms with van der Waals surface area (Å²) < 4.78 is 40.8. The van der Waals surface area contributed by atoms with Crippen LogP contribution in [0.2, 0.25) is 5.02 Å². The van der Waals surface area contributed by atoms with Crippen molar-refractivity contribution in [3.63, 3.8) is 0 Å². The molecule has 0 saturated heterocycles. The number of nitrogens with zero attached hydrogens (tertiary/aromatic N) is 2. The van der Waals surface area contributed by atoms with E-state index in [9.17, 15) is 17.6 Å². The van der Waals surface area contributed by atoms with E-state index in [4.69, 9.17) is 11.6 Å². The molecule has 0 aliphatic heterocycles. The van der Waals surface area contributed by atoms with Crippen LogP contribution in [0.5, 0.6) is 0 Å². The first-order valence-corrected chi connectivity index (χ1v) is 11.5. The van der Waals surface area contributed by atoms with E-state index < -0.39 is 15.8 Å². The van der Waals surface area contributed by atoms with Crippen LogP contribution < -0.4 is 4.72 Å². The number of benzene rings is 2. The number of amides is 1. The number of pyridine rings is 1. The number of carbonyl (C=O) groups excluding carboxylic acids is 1. The van der Waals surface area contributed by atoms with Gasteiger partial charge in [-0.1, -0.05) is 17.7 Å². The highest BCUT2D eigenvalue weighted by Crippen LogP contribution is 2.30. The summed E-state index contributed by atoms with van der Waals surface area (Å²) in [5.41, 5.74) is 1.54. The first-order valence-electron chi connectivity index (χ1n) is 9.62. The molecular weight excluding hydrogens is 441 g/mol. The Balaban J connectivity index is 1.49. The summed E-state index contributed by atoms with van der Waals surface area (Å²) in [4.78, 5) is 19.0. The Bertz CT molecular complexity index is 1200. The molecule has 1 amide bonds. The van der Waals surface area contributed by atoms with E-state index in [0.717, 1.165) is 36.7 Å². The lowest BCUT2D eigenvalue weighted by molar-refractivity contribution is 0.0728. The highest BCUT2D eigenvalue weighted by molar-refractivity contribution is 7.92. The van der Waals surface area contributed by atoms with Gasteiger partial charge in [-0.05, 0) is 67.4 Å². The number of hydrogen-bond donors (Lipinski definition) is 1. The lowest BCUT2D eigenvalue weighted by atomic mass is 10.1. The van der Waals surface area contributed by atoms with Crippen LogP contribution in [0, 0.1) is 5.82 Å². The van der Waals surface area contributed by atoms with Crippen molar-refractivity contribution in [2.24, 2.45) is 0 Å². The lowest BCUT2D eigenvalue weighted by Crippen LogP contribution is -2.32. The van der Waals surface area contributed by atoms with E-state index in [1.54, 1.807) is 23.2 Å². The molecule has 1 heterocycles. The molecule has 4 rings (SSSR count). The number of rotatable bonds is 7. The highest BCUT2D eigenvalue weighted by Gasteiger charge is 2.33. The van der Waals surface area contributed by atoms with Crippen LogP contribution in [0.1, 0.15) is 28.9 Å². The molecule has 0 atom stereocenters. The molecule has 1 aliphatic carbocycles. The van der Waals surface area contributed by atoms with Crippen LogP contribution in [-0.4, -0.2) is 30.3 Å². The zero-order chi connectivity index (χ0) is 22.0. The number of hydrogen-bond acceptors (Lipinski definition) is 4. The number of halogens is 2. The van der Waals surface area contributed by atoms with Gasteiger partial charge >= 0.3 is 0 Å². The van der Waals surface area contributed by atoms with Gasteiger partial charge in [0.15, 0.2) is 0 Å². The summed E-state index contributed by atoms with van der Waals surface area (Å²) in [5.74, 6) is -0.831. The fraction of sp³-hybridized carbons (Fsp3) is 0.182. The fourth-order valence-corrected chi connectivity index (χ4v) is 4.45. The largest absolute Gasteiger partial charge is 0.330 e. The van der Waals surface area contributed by atoms with Crippen LogP contribution in [0.15, 0.2) is 71.8 Å². The van der Waals surface area contributed by atoms with E-state index in [0.29, 0.717) is 12.1 Å². The minimum atomic E-state index is -3.95. The summed E-state index contributed by atoms with van der Waals surface area (Å²) in [6.45, 7) is 0.421. The molecule has 1 aromatic heterocycles. The smallest absolute Gasteiger partial charge is 0.261 e. The summed E-state index contributed by atoms with van der Waals surface area (Å²) in [6, 6.07) is 15.1. The van der Waals surface area contributed by atoms with E-state index in [2.05, 4.69) is 9.71 Å². The summed E-state index contributed by atoms with van der Waals surface area (Å²) in [6.07, 6.45) is 3.60. The Kier molecular flexibility index (Phi) is 5.93. The molecule has 1 fully saturated rings. The third-order valence-electron chi connectivity index (χ3n) is 4.89. The minimum Gasteiger partial charge on any atom is -0.330 e. The van der Waals surface area contributed by atoms with E-state index in [1.165, 1.54) is 12.1 Å². The molecule has 0 radical (unpaired) electrons. The molecule has 31 heavy (non-hydrogen) atoms. The van der Waals surface area contributed by atoms with Crippen molar-refractivity contribution in [1.82, 2.24) is 9.88 Å². The Morgan fingerprint density at radius 2 is 1.87 bits per heavy atom. The molecule has 160 valence electrons. The number of nitrogens with one attached hydrogen (secondary N) is 1. The SMILES string of the molecule is O=C(c1ccc(NS(=O)(=O)c2ccc(F)c(Cl)c2)cc1)N(Cc1ccccn1)C1CC1. The quantitative estimate of drug-likeness (QED) is 0.565. The average Bonchev–Trinajstić information content (AvgIpc) is 3.60. The second-order valence-corrected chi connectivity index (χ2v) is 9.33. The first kappa shape index (κ1) is 21.3. The van der Waals surface area contributed by atoms with Crippen LogP contribution >= 0.6 is 11.6 Å². The maximum Gasteiger partial charge on any atom is 0.261 e. The van der Waals surface area contributed by atoms with Gasteiger partial charge in [-0.25, -0.2) is 12.8 Å². The van der Waals surface area contributed by atoms with Crippen molar-refractivity contribution in [3.8, 4) is 0 Å². The monoisotopic (exact) mass is 459 g/mol. The maximum atomic E-state index is 13.3. The third-order valence-corrected chi connectivity index (χ3v) is 6.56. The van der Waals surface area contributed by atoms with Gasteiger partial charge in [-0.15, -0.1) is 0 Å². The Morgan fingerprint density at radius 3 is 2.48 bits per heavy atom. The molecule has 0 unspecified atom stereocenters. The van der Waals surface area contributed by atoms with Gasteiger partial charge in [0.2, 0.25) is 0 Å². The Labute approximate surface area is 184 Å². The molecule has 6 nitrogen and oxygen atoms in total. The van der Waals surface area contributed by atoms with Gasteiger partial charge in [0, 0.05) is 23.5 Å². The fourth-order valence-electron chi connectivity index (χ4n) is 3.12. The van der Waals surface area contributed by atoms with Crippen LogP contribution in [0.4, 0.5) is 10.1 Å². The van der Waals surface area contributed by atoms with Gasteiger partial charge < -0.3 is 4.90 Å². The van der Waals surface area contributed by atoms with Crippen molar-refractivity contribution < 1.29 is 17.6 Å². The predicted octanol–water partition coefficient (Wildman–Crippen LogP) is 4.48. The molecule has 3 aromatic rings. The molecule has 0 bridgehead atoms. The highest BCUT2D eigenvalue weighted by atomic mass is 35.5. The van der Waals surface area contributed by atoms with Crippen LogP contribution in [0.3, 0.4) is 0 Å².